The lowest BCUT2D eigenvalue weighted by molar-refractivity contribution is -0.385. The molecule has 0 aliphatic carbocycles. The summed E-state index contributed by atoms with van der Waals surface area (Å²) in [5, 5.41) is 16.1. The zero-order valence-electron chi connectivity index (χ0n) is 15.6. The van der Waals surface area contributed by atoms with Gasteiger partial charge in [-0.1, -0.05) is 17.7 Å². The Bertz CT molecular complexity index is 1220. The molecule has 8 nitrogen and oxygen atoms in total. The van der Waals surface area contributed by atoms with E-state index in [4.69, 9.17) is 4.74 Å². The minimum Gasteiger partial charge on any atom is -0.438 e. The SMILES string of the molecule is Cc1ccc(-n2ncc3c(Oc4ccc([N+](=O)[O-])c(C)c4)ncnc32)c(C)c1. The summed E-state index contributed by atoms with van der Waals surface area (Å²) in [6.07, 6.45) is 3.07. The minimum atomic E-state index is -0.421. The van der Waals surface area contributed by atoms with Crippen LogP contribution in [0.15, 0.2) is 48.9 Å². The van der Waals surface area contributed by atoms with Gasteiger partial charge >= 0.3 is 0 Å². The number of ether oxygens (including phenoxy) is 1. The molecule has 140 valence electrons. The number of aromatic nitrogens is 4. The molecule has 0 spiro atoms. The van der Waals surface area contributed by atoms with E-state index in [1.807, 2.05) is 26.0 Å². The predicted molar refractivity (Wildman–Crippen MR) is 104 cm³/mol. The second-order valence-corrected chi connectivity index (χ2v) is 6.57. The largest absolute Gasteiger partial charge is 0.438 e. The van der Waals surface area contributed by atoms with E-state index in [0.29, 0.717) is 28.2 Å². The Morgan fingerprint density at radius 3 is 2.57 bits per heavy atom. The molecule has 0 radical (unpaired) electrons. The second kappa shape index (κ2) is 6.73. The molecule has 0 fully saturated rings. The minimum absolute atomic E-state index is 0.0443. The smallest absolute Gasteiger partial charge is 0.272 e. The standard InChI is InChI=1S/C20H17N5O3/c1-12-4-6-17(13(2)8-12)24-19-16(10-23-24)20(22-11-21-19)28-15-5-7-18(25(26)27)14(3)9-15/h4-11H,1-3H3. The molecule has 2 aromatic carbocycles. The lowest BCUT2D eigenvalue weighted by atomic mass is 10.1. The molecular weight excluding hydrogens is 358 g/mol. The van der Waals surface area contributed by atoms with E-state index in [1.165, 1.54) is 18.0 Å². The molecule has 0 aliphatic heterocycles. The molecule has 4 rings (SSSR count). The molecular formula is C20H17N5O3. The zero-order valence-corrected chi connectivity index (χ0v) is 15.6. The normalized spacial score (nSPS) is 11.0. The molecule has 0 atom stereocenters. The summed E-state index contributed by atoms with van der Waals surface area (Å²) in [5.74, 6) is 0.802. The van der Waals surface area contributed by atoms with Gasteiger partial charge in [-0.2, -0.15) is 5.10 Å². The van der Waals surface area contributed by atoms with Crippen LogP contribution in [0.25, 0.3) is 16.7 Å². The fourth-order valence-electron chi connectivity index (χ4n) is 3.13. The molecule has 8 heteroatoms. The van der Waals surface area contributed by atoms with Gasteiger partial charge in [0, 0.05) is 11.6 Å². The van der Waals surface area contributed by atoms with E-state index < -0.39 is 4.92 Å². The predicted octanol–water partition coefficient (Wildman–Crippen LogP) is 4.44. The topological polar surface area (TPSA) is 96.0 Å². The highest BCUT2D eigenvalue weighted by atomic mass is 16.6. The first kappa shape index (κ1) is 17.6. The lowest BCUT2D eigenvalue weighted by Gasteiger charge is -2.09. The van der Waals surface area contributed by atoms with Gasteiger partial charge in [0.15, 0.2) is 5.65 Å². The zero-order chi connectivity index (χ0) is 19.8. The Labute approximate surface area is 160 Å². The van der Waals surface area contributed by atoms with Crippen LogP contribution in [0.4, 0.5) is 5.69 Å². The first-order valence-electron chi connectivity index (χ1n) is 8.63. The van der Waals surface area contributed by atoms with Gasteiger partial charge < -0.3 is 4.74 Å². The Morgan fingerprint density at radius 2 is 1.86 bits per heavy atom. The summed E-state index contributed by atoms with van der Waals surface area (Å²) in [6, 6.07) is 10.7. The molecule has 0 saturated heterocycles. The fourth-order valence-corrected chi connectivity index (χ4v) is 3.13. The van der Waals surface area contributed by atoms with Crippen molar-refractivity contribution < 1.29 is 9.66 Å². The van der Waals surface area contributed by atoms with Gasteiger partial charge in [-0.15, -0.1) is 0 Å². The Morgan fingerprint density at radius 1 is 1.04 bits per heavy atom. The van der Waals surface area contributed by atoms with E-state index in [9.17, 15) is 10.1 Å². The molecule has 2 aromatic heterocycles. The van der Waals surface area contributed by atoms with Crippen LogP contribution in [-0.2, 0) is 0 Å². The van der Waals surface area contributed by atoms with Crippen LogP contribution in [0, 0.1) is 30.9 Å². The number of aryl methyl sites for hydroxylation is 3. The number of nitro benzene ring substituents is 1. The van der Waals surface area contributed by atoms with Gasteiger partial charge in [0.2, 0.25) is 5.88 Å². The quantitative estimate of drug-likeness (QED) is 0.386. The number of hydrogen-bond acceptors (Lipinski definition) is 6. The van der Waals surface area contributed by atoms with Crippen molar-refractivity contribution in [1.82, 2.24) is 19.7 Å². The first-order valence-corrected chi connectivity index (χ1v) is 8.63. The van der Waals surface area contributed by atoms with Crippen molar-refractivity contribution in [3.63, 3.8) is 0 Å². The number of nitrogens with zero attached hydrogens (tertiary/aromatic N) is 5. The maximum absolute atomic E-state index is 11.0. The van der Waals surface area contributed by atoms with E-state index >= 15 is 0 Å². The summed E-state index contributed by atoms with van der Waals surface area (Å²) in [4.78, 5) is 19.1. The highest BCUT2D eigenvalue weighted by molar-refractivity contribution is 5.81. The fraction of sp³-hybridized carbons (Fsp3) is 0.150. The molecule has 0 unspecified atom stereocenters. The van der Waals surface area contributed by atoms with E-state index in [-0.39, 0.29) is 5.69 Å². The number of benzene rings is 2. The molecule has 0 bridgehead atoms. The van der Waals surface area contributed by atoms with Crippen molar-refractivity contribution in [1.29, 1.82) is 0 Å². The molecule has 0 aliphatic rings. The van der Waals surface area contributed by atoms with E-state index in [1.54, 1.807) is 29.9 Å². The Balaban J connectivity index is 1.75. The van der Waals surface area contributed by atoms with Crippen molar-refractivity contribution in [2.24, 2.45) is 0 Å². The molecule has 2 heterocycles. The van der Waals surface area contributed by atoms with Crippen LogP contribution in [0.5, 0.6) is 11.6 Å². The average molecular weight is 375 g/mol. The van der Waals surface area contributed by atoms with Crippen LogP contribution < -0.4 is 4.74 Å². The van der Waals surface area contributed by atoms with Crippen molar-refractivity contribution in [3.8, 4) is 17.3 Å². The van der Waals surface area contributed by atoms with Crippen LogP contribution >= 0.6 is 0 Å². The van der Waals surface area contributed by atoms with Gasteiger partial charge in [0.1, 0.15) is 17.5 Å². The number of fused-ring (bicyclic) bond motifs is 1. The van der Waals surface area contributed by atoms with Crippen LogP contribution in [0.2, 0.25) is 0 Å². The Kier molecular flexibility index (Phi) is 4.23. The summed E-state index contributed by atoms with van der Waals surface area (Å²) in [5.41, 5.74) is 4.36. The number of nitro groups is 1. The van der Waals surface area contributed by atoms with Crippen molar-refractivity contribution in [3.05, 3.63) is 75.7 Å². The average Bonchev–Trinajstić information content (AvgIpc) is 3.06. The maximum atomic E-state index is 11.0. The summed E-state index contributed by atoms with van der Waals surface area (Å²) in [7, 11) is 0. The summed E-state index contributed by atoms with van der Waals surface area (Å²) >= 11 is 0. The van der Waals surface area contributed by atoms with Gasteiger partial charge in [-0.05, 0) is 44.5 Å². The third-order valence-corrected chi connectivity index (χ3v) is 4.49. The van der Waals surface area contributed by atoms with E-state index in [2.05, 4.69) is 21.1 Å². The van der Waals surface area contributed by atoms with Crippen molar-refractivity contribution in [2.75, 3.05) is 0 Å². The Hall–Kier alpha value is -3.81. The lowest BCUT2D eigenvalue weighted by Crippen LogP contribution is -2.01. The third kappa shape index (κ3) is 3.05. The molecule has 0 saturated carbocycles. The van der Waals surface area contributed by atoms with Gasteiger partial charge in [-0.25, -0.2) is 14.6 Å². The van der Waals surface area contributed by atoms with Crippen molar-refractivity contribution >= 4 is 16.7 Å². The molecule has 4 aromatic rings. The van der Waals surface area contributed by atoms with Crippen LogP contribution in [0.3, 0.4) is 0 Å². The number of hydrogen-bond donors (Lipinski definition) is 0. The molecule has 0 N–H and O–H groups in total. The van der Waals surface area contributed by atoms with Crippen LogP contribution in [-0.4, -0.2) is 24.7 Å². The monoisotopic (exact) mass is 375 g/mol. The van der Waals surface area contributed by atoms with Gasteiger partial charge in [-0.3, -0.25) is 10.1 Å². The molecule has 0 amide bonds. The number of rotatable bonds is 4. The first-order chi connectivity index (χ1) is 13.4. The van der Waals surface area contributed by atoms with Gasteiger partial charge in [0.25, 0.3) is 5.69 Å². The highest BCUT2D eigenvalue weighted by Gasteiger charge is 2.16. The van der Waals surface area contributed by atoms with Gasteiger partial charge in [0.05, 0.1) is 16.8 Å². The van der Waals surface area contributed by atoms with Crippen molar-refractivity contribution in [2.45, 2.75) is 20.8 Å². The summed E-state index contributed by atoms with van der Waals surface area (Å²) < 4.78 is 7.63. The highest BCUT2D eigenvalue weighted by Crippen LogP contribution is 2.30. The molecule has 28 heavy (non-hydrogen) atoms. The third-order valence-electron chi connectivity index (χ3n) is 4.49. The maximum Gasteiger partial charge on any atom is 0.272 e. The van der Waals surface area contributed by atoms with E-state index in [0.717, 1.165) is 11.3 Å². The summed E-state index contributed by atoms with van der Waals surface area (Å²) in [6.45, 7) is 5.73. The van der Waals surface area contributed by atoms with Crippen LogP contribution in [0.1, 0.15) is 16.7 Å². The second-order valence-electron chi connectivity index (χ2n) is 6.57.